The first-order valence-electron chi connectivity index (χ1n) is 4.68. The molecule has 0 aliphatic heterocycles. The van der Waals surface area contributed by atoms with E-state index >= 15 is 0 Å². The fraction of sp³-hybridized carbons (Fsp3) is 0.600. The summed E-state index contributed by atoms with van der Waals surface area (Å²) in [6, 6.07) is 0. The van der Waals surface area contributed by atoms with Gasteiger partial charge in [-0.1, -0.05) is 20.8 Å². The van der Waals surface area contributed by atoms with Crippen molar-refractivity contribution in [2.75, 3.05) is 0 Å². The molecule has 0 aromatic carbocycles. The van der Waals surface area contributed by atoms with Gasteiger partial charge in [0.1, 0.15) is 5.82 Å². The molecule has 0 saturated carbocycles. The highest BCUT2D eigenvalue weighted by Gasteiger charge is 2.15. The minimum Gasteiger partial charge on any atom is -0.387 e. The molecule has 0 aliphatic rings. The van der Waals surface area contributed by atoms with E-state index in [4.69, 9.17) is 5.73 Å². The first-order valence-corrected chi connectivity index (χ1v) is 4.68. The molecular formula is C10H18N4. The molecular weight excluding hydrogens is 176 g/mol. The number of nitrogens with two attached hydrogens (primary N) is 1. The van der Waals surface area contributed by atoms with Crippen molar-refractivity contribution < 1.29 is 0 Å². The van der Waals surface area contributed by atoms with Crippen molar-refractivity contribution in [1.29, 1.82) is 0 Å². The molecule has 0 atom stereocenters. The third-order valence-corrected chi connectivity index (χ3v) is 2.08. The van der Waals surface area contributed by atoms with Crippen LogP contribution < -0.4 is 5.73 Å². The lowest BCUT2D eigenvalue weighted by Gasteiger charge is -2.17. The number of aromatic nitrogens is 2. The summed E-state index contributed by atoms with van der Waals surface area (Å²) in [4.78, 5) is 8.48. The van der Waals surface area contributed by atoms with E-state index in [-0.39, 0.29) is 5.41 Å². The Morgan fingerprint density at radius 1 is 1.57 bits per heavy atom. The molecule has 0 spiro atoms. The van der Waals surface area contributed by atoms with Gasteiger partial charge in [0, 0.05) is 24.9 Å². The van der Waals surface area contributed by atoms with Gasteiger partial charge >= 0.3 is 0 Å². The standard InChI is InChI=1S/C10H18N4/c1-10(2,3)9(11)13-7-8-12-5-6-14(8)4/h5-6H,7H2,1-4H3,(H2,11,13). The lowest BCUT2D eigenvalue weighted by atomic mass is 9.95. The summed E-state index contributed by atoms with van der Waals surface area (Å²) >= 11 is 0. The zero-order valence-corrected chi connectivity index (χ0v) is 9.28. The van der Waals surface area contributed by atoms with Crippen molar-refractivity contribution in [3.63, 3.8) is 0 Å². The summed E-state index contributed by atoms with van der Waals surface area (Å²) < 4.78 is 1.94. The van der Waals surface area contributed by atoms with E-state index in [1.807, 2.05) is 38.6 Å². The second-order valence-corrected chi connectivity index (χ2v) is 4.41. The maximum Gasteiger partial charge on any atom is 0.130 e. The van der Waals surface area contributed by atoms with Gasteiger partial charge in [0.05, 0.1) is 12.4 Å². The van der Waals surface area contributed by atoms with Crippen LogP contribution in [0.25, 0.3) is 0 Å². The Bertz CT molecular complexity index is 330. The number of aliphatic imine (C=N–C) groups is 1. The Hall–Kier alpha value is -1.32. The Kier molecular flexibility index (Phi) is 2.93. The first kappa shape index (κ1) is 10.8. The SMILES string of the molecule is Cn1ccnc1CN=C(N)C(C)(C)C. The van der Waals surface area contributed by atoms with Crippen LogP contribution in [0.5, 0.6) is 0 Å². The van der Waals surface area contributed by atoms with Crippen LogP contribution in [0.15, 0.2) is 17.4 Å². The predicted molar refractivity (Wildman–Crippen MR) is 58.0 cm³/mol. The highest BCUT2D eigenvalue weighted by Crippen LogP contribution is 2.13. The van der Waals surface area contributed by atoms with E-state index < -0.39 is 0 Å². The molecule has 0 fully saturated rings. The van der Waals surface area contributed by atoms with Crippen molar-refractivity contribution in [2.45, 2.75) is 27.3 Å². The fourth-order valence-electron chi connectivity index (χ4n) is 0.942. The van der Waals surface area contributed by atoms with Crippen molar-refractivity contribution >= 4 is 5.84 Å². The van der Waals surface area contributed by atoms with Crippen LogP contribution in [-0.2, 0) is 13.6 Å². The van der Waals surface area contributed by atoms with Gasteiger partial charge in [0.15, 0.2) is 0 Å². The highest BCUT2D eigenvalue weighted by molar-refractivity contribution is 5.85. The number of amidine groups is 1. The molecule has 0 radical (unpaired) electrons. The zero-order valence-electron chi connectivity index (χ0n) is 9.28. The molecule has 4 nitrogen and oxygen atoms in total. The molecule has 2 N–H and O–H groups in total. The van der Waals surface area contributed by atoms with Gasteiger partial charge in [0.25, 0.3) is 0 Å². The fourth-order valence-corrected chi connectivity index (χ4v) is 0.942. The summed E-state index contributed by atoms with van der Waals surface area (Å²) in [5, 5.41) is 0. The number of hydrogen-bond acceptors (Lipinski definition) is 2. The van der Waals surface area contributed by atoms with Crippen LogP contribution in [0.3, 0.4) is 0 Å². The molecule has 14 heavy (non-hydrogen) atoms. The number of hydrogen-bond donors (Lipinski definition) is 1. The second-order valence-electron chi connectivity index (χ2n) is 4.41. The maximum atomic E-state index is 5.83. The third kappa shape index (κ3) is 2.58. The molecule has 0 unspecified atom stereocenters. The van der Waals surface area contributed by atoms with E-state index in [0.717, 1.165) is 5.82 Å². The monoisotopic (exact) mass is 194 g/mol. The lowest BCUT2D eigenvalue weighted by Crippen LogP contribution is -2.29. The molecule has 1 rings (SSSR count). The second kappa shape index (κ2) is 3.82. The van der Waals surface area contributed by atoms with Gasteiger partial charge in [-0.3, -0.25) is 4.99 Å². The molecule has 1 heterocycles. The van der Waals surface area contributed by atoms with Gasteiger partial charge in [-0.15, -0.1) is 0 Å². The Morgan fingerprint density at radius 3 is 2.64 bits per heavy atom. The lowest BCUT2D eigenvalue weighted by molar-refractivity contribution is 0.579. The van der Waals surface area contributed by atoms with E-state index in [0.29, 0.717) is 12.4 Å². The largest absolute Gasteiger partial charge is 0.387 e. The van der Waals surface area contributed by atoms with Crippen molar-refractivity contribution in [3.8, 4) is 0 Å². The predicted octanol–water partition coefficient (Wildman–Crippen LogP) is 1.32. The topological polar surface area (TPSA) is 56.2 Å². The van der Waals surface area contributed by atoms with Crippen molar-refractivity contribution in [2.24, 2.45) is 23.2 Å². The number of aryl methyl sites for hydroxylation is 1. The van der Waals surface area contributed by atoms with Crippen molar-refractivity contribution in [1.82, 2.24) is 9.55 Å². The summed E-state index contributed by atoms with van der Waals surface area (Å²) in [7, 11) is 1.95. The van der Waals surface area contributed by atoms with Gasteiger partial charge in [0.2, 0.25) is 0 Å². The number of nitrogens with zero attached hydrogens (tertiary/aromatic N) is 3. The number of imidazole rings is 1. The normalized spacial score (nSPS) is 13.3. The molecule has 0 amide bonds. The number of rotatable bonds is 2. The molecule has 0 saturated heterocycles. The molecule has 0 aliphatic carbocycles. The van der Waals surface area contributed by atoms with Gasteiger partial charge < -0.3 is 10.3 Å². The quantitative estimate of drug-likeness (QED) is 0.570. The molecule has 4 heteroatoms. The third-order valence-electron chi connectivity index (χ3n) is 2.08. The van der Waals surface area contributed by atoms with Gasteiger partial charge in [-0.25, -0.2) is 4.98 Å². The maximum absolute atomic E-state index is 5.83. The van der Waals surface area contributed by atoms with E-state index in [1.165, 1.54) is 0 Å². The summed E-state index contributed by atoms with van der Waals surface area (Å²) in [5.74, 6) is 1.60. The van der Waals surface area contributed by atoms with Crippen LogP contribution >= 0.6 is 0 Å². The smallest absolute Gasteiger partial charge is 0.130 e. The minimum absolute atomic E-state index is 0.0643. The van der Waals surface area contributed by atoms with Gasteiger partial charge in [-0.2, -0.15) is 0 Å². The molecule has 78 valence electrons. The van der Waals surface area contributed by atoms with Crippen LogP contribution in [0.1, 0.15) is 26.6 Å². The van der Waals surface area contributed by atoms with Crippen LogP contribution in [0, 0.1) is 5.41 Å². The van der Waals surface area contributed by atoms with Gasteiger partial charge in [-0.05, 0) is 0 Å². The summed E-state index contributed by atoms with van der Waals surface area (Å²) in [6.45, 7) is 6.69. The van der Waals surface area contributed by atoms with Crippen LogP contribution in [0.2, 0.25) is 0 Å². The van der Waals surface area contributed by atoms with E-state index in [2.05, 4.69) is 9.98 Å². The minimum atomic E-state index is -0.0643. The van der Waals surface area contributed by atoms with E-state index in [1.54, 1.807) is 6.20 Å². The molecule has 0 bridgehead atoms. The Morgan fingerprint density at radius 2 is 2.21 bits per heavy atom. The Labute approximate surface area is 84.9 Å². The molecule has 1 aromatic heterocycles. The average Bonchev–Trinajstić information content (AvgIpc) is 2.45. The van der Waals surface area contributed by atoms with E-state index in [9.17, 15) is 0 Å². The highest BCUT2D eigenvalue weighted by atomic mass is 15.1. The van der Waals surface area contributed by atoms with Crippen LogP contribution in [0.4, 0.5) is 0 Å². The zero-order chi connectivity index (χ0) is 10.8. The molecule has 1 aromatic rings. The summed E-state index contributed by atoms with van der Waals surface area (Å²) in [5.41, 5.74) is 5.77. The Balaban J connectivity index is 2.69. The first-order chi connectivity index (χ1) is 6.41. The average molecular weight is 194 g/mol. The summed E-state index contributed by atoms with van der Waals surface area (Å²) in [6.07, 6.45) is 3.66. The van der Waals surface area contributed by atoms with Crippen molar-refractivity contribution in [3.05, 3.63) is 18.2 Å². The van der Waals surface area contributed by atoms with Crippen LogP contribution in [-0.4, -0.2) is 15.4 Å².